The first-order chi connectivity index (χ1) is 7.65. The second-order valence-electron chi connectivity index (χ2n) is 4.08. The second-order valence-corrected chi connectivity index (χ2v) is 4.46. The summed E-state index contributed by atoms with van der Waals surface area (Å²) in [6, 6.07) is 7.74. The zero-order valence-corrected chi connectivity index (χ0v) is 10.6. The number of carbonyl (C=O) groups excluding carboxylic acids is 1. The predicted octanol–water partition coefficient (Wildman–Crippen LogP) is 3.17. The highest BCUT2D eigenvalue weighted by Gasteiger charge is 2.06. The molecule has 2 nitrogen and oxygen atoms in total. The molecule has 1 aromatic carbocycles. The van der Waals surface area contributed by atoms with Crippen LogP contribution in [0.3, 0.4) is 0 Å². The van der Waals surface area contributed by atoms with E-state index in [4.69, 9.17) is 11.6 Å². The fourth-order valence-corrected chi connectivity index (χ4v) is 1.54. The zero-order chi connectivity index (χ0) is 12.0. The minimum absolute atomic E-state index is 0.0207. The number of halogens is 1. The number of nitrogens with one attached hydrogen (secondary N) is 1. The highest BCUT2D eigenvalue weighted by Crippen LogP contribution is 2.15. The molecule has 0 saturated carbocycles. The van der Waals surface area contributed by atoms with E-state index in [-0.39, 0.29) is 5.91 Å². The smallest absolute Gasteiger partial charge is 0.251 e. The van der Waals surface area contributed by atoms with Gasteiger partial charge in [-0.3, -0.25) is 4.79 Å². The highest BCUT2D eigenvalue weighted by atomic mass is 35.5. The number of carbonyl (C=O) groups is 1. The van der Waals surface area contributed by atoms with Crippen LogP contribution in [0.25, 0.3) is 0 Å². The van der Waals surface area contributed by atoms with Gasteiger partial charge in [-0.05, 0) is 30.0 Å². The van der Waals surface area contributed by atoms with Crippen LogP contribution in [0.1, 0.15) is 42.1 Å². The first kappa shape index (κ1) is 13.0. The summed E-state index contributed by atoms with van der Waals surface area (Å²) in [5.41, 5.74) is 1.91. The van der Waals surface area contributed by atoms with Crippen molar-refractivity contribution in [3.63, 3.8) is 0 Å². The van der Waals surface area contributed by atoms with E-state index in [1.807, 2.05) is 24.3 Å². The van der Waals surface area contributed by atoms with Gasteiger partial charge in [-0.25, -0.2) is 0 Å². The number of hydrogen-bond acceptors (Lipinski definition) is 1. The fraction of sp³-hybridized carbons (Fsp3) is 0.462. The lowest BCUT2D eigenvalue weighted by Gasteiger charge is -2.08. The van der Waals surface area contributed by atoms with Crippen molar-refractivity contribution in [1.29, 1.82) is 0 Å². The Morgan fingerprint density at radius 2 is 2.19 bits per heavy atom. The molecule has 0 aromatic heterocycles. The molecule has 0 aliphatic carbocycles. The number of amides is 1. The van der Waals surface area contributed by atoms with Crippen LogP contribution < -0.4 is 5.32 Å². The molecule has 3 heteroatoms. The van der Waals surface area contributed by atoms with E-state index >= 15 is 0 Å². The maximum Gasteiger partial charge on any atom is 0.251 e. The third-order valence-electron chi connectivity index (χ3n) is 2.41. The lowest BCUT2D eigenvalue weighted by atomic mass is 10.0. The second kappa shape index (κ2) is 6.54. The molecule has 0 aliphatic heterocycles. The summed E-state index contributed by atoms with van der Waals surface area (Å²) in [7, 11) is 0. The van der Waals surface area contributed by atoms with Crippen LogP contribution in [0.15, 0.2) is 24.3 Å². The van der Waals surface area contributed by atoms with Crippen LogP contribution in [0.2, 0.25) is 0 Å². The van der Waals surface area contributed by atoms with E-state index in [0.717, 1.165) is 12.0 Å². The Morgan fingerprint density at radius 1 is 1.44 bits per heavy atom. The van der Waals surface area contributed by atoms with Crippen molar-refractivity contribution in [3.8, 4) is 0 Å². The topological polar surface area (TPSA) is 29.1 Å². The summed E-state index contributed by atoms with van der Waals surface area (Å²) >= 11 is 5.55. The molecular formula is C13H18ClNO. The van der Waals surface area contributed by atoms with Gasteiger partial charge in [0.25, 0.3) is 5.91 Å². The maximum atomic E-state index is 11.7. The van der Waals surface area contributed by atoms with E-state index in [9.17, 15) is 4.79 Å². The van der Waals surface area contributed by atoms with Crippen LogP contribution in [-0.2, 0) is 0 Å². The van der Waals surface area contributed by atoms with Gasteiger partial charge in [0.15, 0.2) is 0 Å². The number of rotatable bonds is 5. The predicted molar refractivity (Wildman–Crippen MR) is 68.2 cm³/mol. The summed E-state index contributed by atoms with van der Waals surface area (Å²) in [6.07, 6.45) is 0.803. The Labute approximate surface area is 102 Å². The van der Waals surface area contributed by atoms with E-state index in [0.29, 0.717) is 18.3 Å². The molecule has 1 rings (SSSR count). The Morgan fingerprint density at radius 3 is 2.81 bits per heavy atom. The van der Waals surface area contributed by atoms with Crippen molar-refractivity contribution < 1.29 is 4.79 Å². The molecule has 0 unspecified atom stereocenters. The SMILES string of the molecule is CC(C)c1cccc(C(=O)NCCCCl)c1. The van der Waals surface area contributed by atoms with E-state index < -0.39 is 0 Å². The minimum Gasteiger partial charge on any atom is -0.352 e. The summed E-state index contributed by atoms with van der Waals surface area (Å²) in [6.45, 7) is 4.86. The molecular weight excluding hydrogens is 222 g/mol. The number of alkyl halides is 1. The highest BCUT2D eigenvalue weighted by molar-refractivity contribution is 6.17. The molecule has 1 amide bonds. The van der Waals surface area contributed by atoms with Gasteiger partial charge < -0.3 is 5.32 Å². The van der Waals surface area contributed by atoms with Crippen LogP contribution in [0.5, 0.6) is 0 Å². The minimum atomic E-state index is -0.0207. The van der Waals surface area contributed by atoms with Crippen molar-refractivity contribution in [2.75, 3.05) is 12.4 Å². The van der Waals surface area contributed by atoms with Gasteiger partial charge in [0, 0.05) is 18.0 Å². The largest absolute Gasteiger partial charge is 0.352 e. The van der Waals surface area contributed by atoms with Gasteiger partial charge in [-0.15, -0.1) is 11.6 Å². The molecule has 0 bridgehead atoms. The van der Waals surface area contributed by atoms with Gasteiger partial charge >= 0.3 is 0 Å². The fourth-order valence-electron chi connectivity index (χ4n) is 1.41. The van der Waals surface area contributed by atoms with Crippen molar-refractivity contribution in [1.82, 2.24) is 5.32 Å². The third-order valence-corrected chi connectivity index (χ3v) is 2.68. The molecule has 0 fully saturated rings. The monoisotopic (exact) mass is 239 g/mol. The summed E-state index contributed by atoms with van der Waals surface area (Å²) in [5.74, 6) is 0.995. The van der Waals surface area contributed by atoms with Crippen molar-refractivity contribution in [3.05, 3.63) is 35.4 Å². The summed E-state index contributed by atoms with van der Waals surface area (Å²) in [5, 5.41) is 2.84. The Kier molecular flexibility index (Phi) is 5.33. The first-order valence-electron chi connectivity index (χ1n) is 5.59. The lowest BCUT2D eigenvalue weighted by Crippen LogP contribution is -2.24. The van der Waals surface area contributed by atoms with Crippen LogP contribution in [0, 0.1) is 0 Å². The van der Waals surface area contributed by atoms with Gasteiger partial charge in [0.1, 0.15) is 0 Å². The van der Waals surface area contributed by atoms with Crippen molar-refractivity contribution in [2.24, 2.45) is 0 Å². The number of benzene rings is 1. The molecule has 0 radical (unpaired) electrons. The quantitative estimate of drug-likeness (QED) is 0.621. The third kappa shape index (κ3) is 3.86. The zero-order valence-electron chi connectivity index (χ0n) is 9.79. The molecule has 0 aliphatic rings. The van der Waals surface area contributed by atoms with E-state index in [2.05, 4.69) is 19.2 Å². The molecule has 16 heavy (non-hydrogen) atoms. The lowest BCUT2D eigenvalue weighted by molar-refractivity contribution is 0.0953. The van der Waals surface area contributed by atoms with E-state index in [1.165, 1.54) is 5.56 Å². The van der Waals surface area contributed by atoms with Crippen molar-refractivity contribution >= 4 is 17.5 Å². The van der Waals surface area contributed by atoms with Gasteiger partial charge in [0.05, 0.1) is 0 Å². The molecule has 0 atom stereocenters. The standard InChI is InChI=1S/C13H18ClNO/c1-10(2)11-5-3-6-12(9-11)13(16)15-8-4-7-14/h3,5-6,9-10H,4,7-8H2,1-2H3,(H,15,16). The van der Waals surface area contributed by atoms with Crippen molar-refractivity contribution in [2.45, 2.75) is 26.2 Å². The van der Waals surface area contributed by atoms with Gasteiger partial charge in [-0.1, -0.05) is 26.0 Å². The molecule has 0 heterocycles. The molecule has 0 saturated heterocycles. The Bertz CT molecular complexity index is 350. The average Bonchev–Trinajstić information content (AvgIpc) is 2.29. The normalized spacial score (nSPS) is 10.5. The van der Waals surface area contributed by atoms with E-state index in [1.54, 1.807) is 0 Å². The molecule has 0 spiro atoms. The Balaban J connectivity index is 2.64. The van der Waals surface area contributed by atoms with Crippen LogP contribution in [-0.4, -0.2) is 18.3 Å². The van der Waals surface area contributed by atoms with Gasteiger partial charge in [-0.2, -0.15) is 0 Å². The molecule has 88 valence electrons. The summed E-state index contributed by atoms with van der Waals surface area (Å²) < 4.78 is 0. The summed E-state index contributed by atoms with van der Waals surface area (Å²) in [4.78, 5) is 11.7. The maximum absolute atomic E-state index is 11.7. The molecule has 1 aromatic rings. The first-order valence-corrected chi connectivity index (χ1v) is 6.12. The number of hydrogen-bond donors (Lipinski definition) is 1. The van der Waals surface area contributed by atoms with Crippen LogP contribution in [0.4, 0.5) is 0 Å². The van der Waals surface area contributed by atoms with Gasteiger partial charge in [0.2, 0.25) is 0 Å². The Hall–Kier alpha value is -1.02. The van der Waals surface area contributed by atoms with Crippen LogP contribution >= 0.6 is 11.6 Å². The average molecular weight is 240 g/mol. The molecule has 1 N–H and O–H groups in total.